The van der Waals surface area contributed by atoms with E-state index in [4.69, 9.17) is 4.52 Å². The minimum absolute atomic E-state index is 0.157. The SMILES string of the molecule is Cc1noc(C)c1CN1C[C@@H]2CN(Cc3ccccc3)C[C@]2(C(=O)O)C1. The summed E-state index contributed by atoms with van der Waals surface area (Å²) < 4.78 is 5.25. The number of fused-ring (bicyclic) bond motifs is 1. The van der Waals surface area contributed by atoms with Gasteiger partial charge in [-0.1, -0.05) is 35.5 Å². The standard InChI is InChI=1S/C20H25N3O3/c1-14-18(15(2)26-21-14)11-23-10-17-9-22(8-16-6-4-3-5-7-16)12-20(17,13-23)19(24)25/h3-7,17H,8-13H2,1-2H3,(H,24,25)/t17-,20-/m0/s1. The minimum atomic E-state index is -0.673. The molecule has 0 unspecified atom stereocenters. The molecular formula is C20H25N3O3. The number of carboxylic acids is 1. The van der Waals surface area contributed by atoms with Crippen molar-refractivity contribution in [3.63, 3.8) is 0 Å². The molecule has 2 atom stereocenters. The Bertz CT molecular complexity index is 784. The van der Waals surface area contributed by atoms with Gasteiger partial charge in [-0.2, -0.15) is 0 Å². The number of aromatic nitrogens is 1. The second-order valence-electron chi connectivity index (χ2n) is 7.79. The summed E-state index contributed by atoms with van der Waals surface area (Å²) in [7, 11) is 0. The maximum Gasteiger partial charge on any atom is 0.312 e. The van der Waals surface area contributed by atoms with Crippen LogP contribution < -0.4 is 0 Å². The van der Waals surface area contributed by atoms with E-state index in [1.54, 1.807) is 0 Å². The lowest BCUT2D eigenvalue weighted by Gasteiger charge is -2.25. The van der Waals surface area contributed by atoms with Gasteiger partial charge in [-0.15, -0.1) is 0 Å². The zero-order valence-corrected chi connectivity index (χ0v) is 15.3. The monoisotopic (exact) mass is 355 g/mol. The van der Waals surface area contributed by atoms with Crippen molar-refractivity contribution in [2.24, 2.45) is 11.3 Å². The van der Waals surface area contributed by atoms with Gasteiger partial charge in [0, 0.05) is 50.7 Å². The molecule has 0 saturated carbocycles. The molecule has 6 nitrogen and oxygen atoms in total. The fourth-order valence-corrected chi connectivity index (χ4v) is 4.61. The molecule has 0 bridgehead atoms. The van der Waals surface area contributed by atoms with Gasteiger partial charge in [-0.05, 0) is 19.4 Å². The highest BCUT2D eigenvalue weighted by atomic mass is 16.5. The van der Waals surface area contributed by atoms with Crippen molar-refractivity contribution in [1.82, 2.24) is 15.0 Å². The van der Waals surface area contributed by atoms with Crippen LogP contribution in [0.25, 0.3) is 0 Å². The lowest BCUT2D eigenvalue weighted by Crippen LogP contribution is -2.40. The quantitative estimate of drug-likeness (QED) is 0.888. The molecule has 2 saturated heterocycles. The number of rotatable bonds is 5. The Morgan fingerprint density at radius 2 is 1.85 bits per heavy atom. The van der Waals surface area contributed by atoms with Crippen LogP contribution in [0.3, 0.4) is 0 Å². The number of carbonyl (C=O) groups is 1. The van der Waals surface area contributed by atoms with Crippen LogP contribution in [-0.4, -0.2) is 52.2 Å². The van der Waals surface area contributed by atoms with Gasteiger partial charge in [-0.3, -0.25) is 14.6 Å². The molecule has 1 N–H and O–H groups in total. The van der Waals surface area contributed by atoms with E-state index in [1.165, 1.54) is 5.56 Å². The van der Waals surface area contributed by atoms with Crippen molar-refractivity contribution in [3.8, 4) is 0 Å². The lowest BCUT2D eigenvalue weighted by atomic mass is 9.81. The highest BCUT2D eigenvalue weighted by molar-refractivity contribution is 5.77. The molecule has 4 rings (SSSR count). The number of nitrogens with zero attached hydrogens (tertiary/aromatic N) is 3. The summed E-state index contributed by atoms with van der Waals surface area (Å²) in [6.07, 6.45) is 0. The largest absolute Gasteiger partial charge is 0.481 e. The van der Waals surface area contributed by atoms with Crippen molar-refractivity contribution in [3.05, 3.63) is 52.9 Å². The van der Waals surface area contributed by atoms with Gasteiger partial charge < -0.3 is 9.63 Å². The summed E-state index contributed by atoms with van der Waals surface area (Å²) in [6.45, 7) is 8.23. The fraction of sp³-hybridized carbons (Fsp3) is 0.500. The highest BCUT2D eigenvalue weighted by Crippen LogP contribution is 2.43. The Labute approximate surface area is 153 Å². The molecule has 0 radical (unpaired) electrons. The van der Waals surface area contributed by atoms with E-state index in [1.807, 2.05) is 32.0 Å². The van der Waals surface area contributed by atoms with Crippen LogP contribution in [0, 0.1) is 25.2 Å². The molecule has 0 spiro atoms. The molecule has 1 aromatic carbocycles. The molecule has 138 valence electrons. The van der Waals surface area contributed by atoms with Gasteiger partial charge in [-0.25, -0.2) is 0 Å². The number of aliphatic carboxylic acids is 1. The summed E-state index contributed by atoms with van der Waals surface area (Å²) in [6, 6.07) is 10.3. The molecule has 0 aliphatic carbocycles. The number of likely N-dealkylation sites (tertiary alicyclic amines) is 2. The Morgan fingerprint density at radius 3 is 2.38 bits per heavy atom. The van der Waals surface area contributed by atoms with Crippen LogP contribution in [0.4, 0.5) is 0 Å². The van der Waals surface area contributed by atoms with Gasteiger partial charge in [0.2, 0.25) is 0 Å². The average Bonchev–Trinajstić information content (AvgIpc) is 3.22. The van der Waals surface area contributed by atoms with E-state index in [0.717, 1.165) is 36.7 Å². The third kappa shape index (κ3) is 2.93. The van der Waals surface area contributed by atoms with Gasteiger partial charge in [0.15, 0.2) is 0 Å². The van der Waals surface area contributed by atoms with Crippen molar-refractivity contribution in [2.75, 3.05) is 26.2 Å². The number of carboxylic acid groups (broad SMARTS) is 1. The van der Waals surface area contributed by atoms with Crippen molar-refractivity contribution < 1.29 is 14.4 Å². The Hall–Kier alpha value is -2.18. The maximum absolute atomic E-state index is 12.2. The van der Waals surface area contributed by atoms with Crippen LogP contribution in [0.5, 0.6) is 0 Å². The van der Waals surface area contributed by atoms with E-state index in [2.05, 4.69) is 27.1 Å². The zero-order valence-electron chi connectivity index (χ0n) is 15.3. The lowest BCUT2D eigenvalue weighted by molar-refractivity contribution is -0.149. The summed E-state index contributed by atoms with van der Waals surface area (Å²) in [5.41, 5.74) is 2.55. The van der Waals surface area contributed by atoms with E-state index < -0.39 is 11.4 Å². The zero-order chi connectivity index (χ0) is 18.3. The van der Waals surface area contributed by atoms with Gasteiger partial charge in [0.05, 0.1) is 11.1 Å². The van der Waals surface area contributed by atoms with Crippen LogP contribution >= 0.6 is 0 Å². The summed E-state index contributed by atoms with van der Waals surface area (Å²) >= 11 is 0. The molecule has 3 heterocycles. The Morgan fingerprint density at radius 1 is 1.19 bits per heavy atom. The van der Waals surface area contributed by atoms with Crippen LogP contribution in [0.2, 0.25) is 0 Å². The molecule has 2 aliphatic rings. The summed E-state index contributed by atoms with van der Waals surface area (Å²) in [5, 5.41) is 14.0. The smallest absolute Gasteiger partial charge is 0.312 e. The second kappa shape index (κ2) is 6.52. The van der Waals surface area contributed by atoms with Gasteiger partial charge >= 0.3 is 5.97 Å². The first kappa shape index (κ1) is 17.2. The molecule has 26 heavy (non-hydrogen) atoms. The number of hydrogen-bond acceptors (Lipinski definition) is 5. The number of aryl methyl sites for hydroxylation is 2. The average molecular weight is 355 g/mol. The second-order valence-corrected chi connectivity index (χ2v) is 7.79. The van der Waals surface area contributed by atoms with Gasteiger partial charge in [0.1, 0.15) is 5.76 Å². The molecule has 2 fully saturated rings. The minimum Gasteiger partial charge on any atom is -0.481 e. The third-order valence-electron chi connectivity index (χ3n) is 5.99. The number of hydrogen-bond donors (Lipinski definition) is 1. The van der Waals surface area contributed by atoms with Crippen LogP contribution in [-0.2, 0) is 17.9 Å². The molecule has 1 aromatic heterocycles. The third-order valence-corrected chi connectivity index (χ3v) is 5.99. The number of benzene rings is 1. The Balaban J connectivity index is 1.48. The fourth-order valence-electron chi connectivity index (χ4n) is 4.61. The van der Waals surface area contributed by atoms with E-state index >= 15 is 0 Å². The van der Waals surface area contributed by atoms with E-state index in [0.29, 0.717) is 19.6 Å². The normalized spacial score (nSPS) is 26.3. The maximum atomic E-state index is 12.2. The van der Waals surface area contributed by atoms with Crippen LogP contribution in [0.15, 0.2) is 34.9 Å². The van der Waals surface area contributed by atoms with Crippen molar-refractivity contribution in [1.29, 1.82) is 0 Å². The van der Waals surface area contributed by atoms with Crippen LogP contribution in [0.1, 0.15) is 22.6 Å². The molecule has 2 aromatic rings. The molecule has 6 heteroatoms. The topological polar surface area (TPSA) is 69.8 Å². The first-order valence-electron chi connectivity index (χ1n) is 9.12. The first-order chi connectivity index (χ1) is 12.5. The Kier molecular flexibility index (Phi) is 4.32. The first-order valence-corrected chi connectivity index (χ1v) is 9.12. The molecule has 2 aliphatic heterocycles. The van der Waals surface area contributed by atoms with Crippen molar-refractivity contribution >= 4 is 5.97 Å². The van der Waals surface area contributed by atoms with E-state index in [9.17, 15) is 9.90 Å². The molecule has 0 amide bonds. The summed E-state index contributed by atoms with van der Waals surface area (Å²) in [5.74, 6) is 0.318. The predicted molar refractivity (Wildman–Crippen MR) is 96.5 cm³/mol. The van der Waals surface area contributed by atoms with Gasteiger partial charge in [0.25, 0.3) is 0 Å². The predicted octanol–water partition coefficient (Wildman–Crippen LogP) is 2.31. The summed E-state index contributed by atoms with van der Waals surface area (Å²) in [4.78, 5) is 16.7. The van der Waals surface area contributed by atoms with Crippen molar-refractivity contribution in [2.45, 2.75) is 26.9 Å². The molecular weight excluding hydrogens is 330 g/mol. The van der Waals surface area contributed by atoms with E-state index in [-0.39, 0.29) is 5.92 Å². The highest BCUT2D eigenvalue weighted by Gasteiger charge is 2.57.